The second kappa shape index (κ2) is 4.67. The number of hydrogen-bond acceptors (Lipinski definition) is 4. The number of primary amides is 1. The summed E-state index contributed by atoms with van der Waals surface area (Å²) < 4.78 is 10.7. The molecule has 5 nitrogen and oxygen atoms in total. The number of benzene rings is 1. The van der Waals surface area contributed by atoms with Crippen molar-refractivity contribution in [2.75, 3.05) is 6.79 Å². The topological polar surface area (TPSA) is 73.6 Å². The Hall–Kier alpha value is -1.30. The van der Waals surface area contributed by atoms with Crippen LogP contribution >= 0.6 is 11.6 Å². The van der Waals surface area contributed by atoms with Crippen molar-refractivity contribution in [3.8, 4) is 5.75 Å². The predicted molar refractivity (Wildman–Crippen MR) is 69.7 cm³/mol. The highest BCUT2D eigenvalue weighted by molar-refractivity contribution is 6.30. The summed E-state index contributed by atoms with van der Waals surface area (Å²) in [5, 5.41) is 3.84. The molecule has 3 N–H and O–H groups in total. The van der Waals surface area contributed by atoms with E-state index in [0.717, 1.165) is 29.7 Å². The lowest BCUT2D eigenvalue weighted by Crippen LogP contribution is -2.43. The third-order valence-electron chi connectivity index (χ3n) is 3.59. The van der Waals surface area contributed by atoms with Gasteiger partial charge in [-0.2, -0.15) is 0 Å². The normalized spacial score (nSPS) is 19.4. The van der Waals surface area contributed by atoms with Crippen molar-refractivity contribution in [3.05, 3.63) is 28.3 Å². The fourth-order valence-electron chi connectivity index (χ4n) is 2.29. The van der Waals surface area contributed by atoms with Crippen LogP contribution in [0, 0.1) is 0 Å². The summed E-state index contributed by atoms with van der Waals surface area (Å²) in [5.74, 6) is 0.496. The van der Waals surface area contributed by atoms with Crippen LogP contribution < -0.4 is 15.8 Å². The molecule has 2 aliphatic rings. The van der Waals surface area contributed by atoms with E-state index in [9.17, 15) is 4.79 Å². The van der Waals surface area contributed by atoms with E-state index in [1.807, 2.05) is 12.1 Å². The molecule has 3 rings (SSSR count). The van der Waals surface area contributed by atoms with Crippen molar-refractivity contribution >= 4 is 17.5 Å². The van der Waals surface area contributed by atoms with Gasteiger partial charge in [0.25, 0.3) is 0 Å². The summed E-state index contributed by atoms with van der Waals surface area (Å²) in [7, 11) is 0. The minimum Gasteiger partial charge on any atom is -0.467 e. The molecule has 0 radical (unpaired) electrons. The largest absolute Gasteiger partial charge is 0.467 e. The first-order valence-electron chi connectivity index (χ1n) is 6.17. The number of carbonyl (C=O) groups is 1. The standard InChI is InChI=1S/C13H15ClN2O3/c14-10-3-8(5-16-13(1-2-13)12(15)17)11-9(4-10)6-18-7-19-11/h3-4,16H,1-2,5-7H2,(H2,15,17). The number of carbonyl (C=O) groups excluding carboxylic acids is 1. The number of nitrogens with one attached hydrogen (secondary N) is 1. The average Bonchev–Trinajstić information content (AvgIpc) is 3.17. The van der Waals surface area contributed by atoms with Crippen molar-refractivity contribution in [1.82, 2.24) is 5.32 Å². The quantitative estimate of drug-likeness (QED) is 0.873. The molecule has 102 valence electrons. The third kappa shape index (κ3) is 2.41. The number of fused-ring (bicyclic) bond motifs is 1. The molecular formula is C13H15ClN2O3. The third-order valence-corrected chi connectivity index (χ3v) is 3.81. The molecule has 0 atom stereocenters. The highest BCUT2D eigenvalue weighted by Gasteiger charge is 2.48. The number of halogens is 1. The summed E-state index contributed by atoms with van der Waals surface area (Å²) in [4.78, 5) is 11.3. The summed E-state index contributed by atoms with van der Waals surface area (Å²) in [6, 6.07) is 3.68. The number of hydrogen-bond donors (Lipinski definition) is 2. The van der Waals surface area contributed by atoms with E-state index >= 15 is 0 Å². The second-order valence-corrected chi connectivity index (χ2v) is 5.40. The molecule has 1 heterocycles. The molecule has 0 unspecified atom stereocenters. The second-order valence-electron chi connectivity index (χ2n) is 4.96. The van der Waals surface area contributed by atoms with Gasteiger partial charge in [0.05, 0.1) is 12.1 Å². The molecule has 1 saturated carbocycles. The van der Waals surface area contributed by atoms with Crippen LogP contribution in [0.15, 0.2) is 12.1 Å². The van der Waals surface area contributed by atoms with E-state index in [4.69, 9.17) is 26.8 Å². The maximum absolute atomic E-state index is 11.3. The Morgan fingerprint density at radius 3 is 2.95 bits per heavy atom. The molecule has 1 aliphatic carbocycles. The number of rotatable bonds is 4. The Morgan fingerprint density at radius 2 is 2.26 bits per heavy atom. The lowest BCUT2D eigenvalue weighted by Gasteiger charge is -2.22. The Kier molecular flexibility index (Phi) is 3.12. The van der Waals surface area contributed by atoms with Crippen LogP contribution in [-0.4, -0.2) is 18.2 Å². The van der Waals surface area contributed by atoms with Gasteiger partial charge in [-0.3, -0.25) is 10.1 Å². The number of ether oxygens (including phenoxy) is 2. The van der Waals surface area contributed by atoms with E-state index < -0.39 is 5.54 Å². The van der Waals surface area contributed by atoms with Gasteiger partial charge in [-0.05, 0) is 25.0 Å². The maximum atomic E-state index is 11.3. The predicted octanol–water partition coefficient (Wildman–Crippen LogP) is 1.31. The Morgan fingerprint density at radius 1 is 1.47 bits per heavy atom. The highest BCUT2D eigenvalue weighted by atomic mass is 35.5. The van der Waals surface area contributed by atoms with Crippen molar-refractivity contribution in [1.29, 1.82) is 0 Å². The molecule has 6 heteroatoms. The molecule has 1 aromatic rings. The Labute approximate surface area is 116 Å². The van der Waals surface area contributed by atoms with Crippen molar-refractivity contribution in [2.45, 2.75) is 31.5 Å². The fourth-order valence-corrected chi connectivity index (χ4v) is 2.55. The maximum Gasteiger partial charge on any atom is 0.237 e. The van der Waals surface area contributed by atoms with Gasteiger partial charge in [-0.25, -0.2) is 0 Å². The van der Waals surface area contributed by atoms with Gasteiger partial charge in [0.2, 0.25) is 5.91 Å². The van der Waals surface area contributed by atoms with Crippen LogP contribution in [0.4, 0.5) is 0 Å². The summed E-state index contributed by atoms with van der Waals surface area (Å²) >= 11 is 6.08. The molecule has 19 heavy (non-hydrogen) atoms. The van der Waals surface area contributed by atoms with E-state index in [-0.39, 0.29) is 12.7 Å². The first-order chi connectivity index (χ1) is 9.11. The van der Waals surface area contributed by atoms with Gasteiger partial charge in [0.15, 0.2) is 6.79 Å². The van der Waals surface area contributed by atoms with Crippen molar-refractivity contribution in [3.63, 3.8) is 0 Å². The van der Waals surface area contributed by atoms with Crippen LogP contribution in [0.2, 0.25) is 5.02 Å². The molecule has 0 spiro atoms. The lowest BCUT2D eigenvalue weighted by molar-refractivity contribution is -0.121. The first kappa shape index (κ1) is 12.7. The van der Waals surface area contributed by atoms with Crippen LogP contribution in [0.25, 0.3) is 0 Å². The summed E-state index contributed by atoms with van der Waals surface area (Å²) in [5.41, 5.74) is 6.70. The number of nitrogens with two attached hydrogens (primary N) is 1. The van der Waals surface area contributed by atoms with Gasteiger partial charge < -0.3 is 15.2 Å². The molecule has 1 fully saturated rings. The minimum absolute atomic E-state index is 0.239. The Balaban J connectivity index is 1.81. The molecule has 1 aliphatic heterocycles. The van der Waals surface area contributed by atoms with E-state index in [1.54, 1.807) is 0 Å². The van der Waals surface area contributed by atoms with Gasteiger partial charge in [0.1, 0.15) is 5.75 Å². The highest BCUT2D eigenvalue weighted by Crippen LogP contribution is 2.37. The average molecular weight is 283 g/mol. The molecule has 0 bridgehead atoms. The van der Waals surface area contributed by atoms with Crippen LogP contribution in [0.1, 0.15) is 24.0 Å². The van der Waals surface area contributed by atoms with Crippen LogP contribution in [-0.2, 0) is 22.7 Å². The molecule has 0 aromatic heterocycles. The summed E-state index contributed by atoms with van der Waals surface area (Å²) in [6.07, 6.45) is 1.57. The smallest absolute Gasteiger partial charge is 0.237 e. The zero-order valence-corrected chi connectivity index (χ0v) is 11.1. The molecule has 1 amide bonds. The first-order valence-corrected chi connectivity index (χ1v) is 6.55. The lowest BCUT2D eigenvalue weighted by atomic mass is 10.1. The summed E-state index contributed by atoms with van der Waals surface area (Å²) in [6.45, 7) is 1.23. The van der Waals surface area contributed by atoms with Gasteiger partial charge in [0, 0.05) is 22.7 Å². The van der Waals surface area contributed by atoms with Crippen molar-refractivity contribution in [2.24, 2.45) is 5.73 Å². The molecule has 0 saturated heterocycles. The van der Waals surface area contributed by atoms with Crippen LogP contribution in [0.3, 0.4) is 0 Å². The van der Waals surface area contributed by atoms with E-state index in [1.165, 1.54) is 0 Å². The van der Waals surface area contributed by atoms with Crippen molar-refractivity contribution < 1.29 is 14.3 Å². The zero-order valence-electron chi connectivity index (χ0n) is 10.4. The SMILES string of the molecule is NC(=O)C1(NCc2cc(Cl)cc3c2OCOC3)CC1. The molecule has 1 aromatic carbocycles. The van der Waals surface area contributed by atoms with Crippen LogP contribution in [0.5, 0.6) is 5.75 Å². The monoisotopic (exact) mass is 282 g/mol. The minimum atomic E-state index is -0.541. The van der Waals surface area contributed by atoms with Gasteiger partial charge in [-0.1, -0.05) is 11.6 Å². The fraction of sp³-hybridized carbons (Fsp3) is 0.462. The van der Waals surface area contributed by atoms with E-state index in [2.05, 4.69) is 5.32 Å². The van der Waals surface area contributed by atoms with E-state index in [0.29, 0.717) is 18.2 Å². The molecular weight excluding hydrogens is 268 g/mol. The van der Waals surface area contributed by atoms with Gasteiger partial charge in [-0.15, -0.1) is 0 Å². The zero-order chi connectivity index (χ0) is 13.5. The van der Waals surface area contributed by atoms with Gasteiger partial charge >= 0.3 is 0 Å². The Bertz CT molecular complexity index is 529. The number of amides is 1.